The summed E-state index contributed by atoms with van der Waals surface area (Å²) < 4.78 is 0. The van der Waals surface area contributed by atoms with Crippen LogP contribution < -0.4 is 5.32 Å². The van der Waals surface area contributed by atoms with Crippen LogP contribution in [0.4, 0.5) is 0 Å². The van der Waals surface area contributed by atoms with Crippen LogP contribution in [0.25, 0.3) is 10.9 Å². The summed E-state index contributed by atoms with van der Waals surface area (Å²) in [4.78, 5) is 3.26. The van der Waals surface area contributed by atoms with Gasteiger partial charge in [-0.1, -0.05) is 25.0 Å². The summed E-state index contributed by atoms with van der Waals surface area (Å²) in [5.74, 6) is 1.00. The maximum absolute atomic E-state index is 3.64. The molecule has 1 atom stereocenters. The first-order chi connectivity index (χ1) is 8.33. The molecule has 0 radical (unpaired) electrons. The van der Waals surface area contributed by atoms with Crippen LogP contribution in [0, 0.1) is 5.92 Å². The second-order valence-corrected chi connectivity index (χ2v) is 5.32. The fourth-order valence-electron chi connectivity index (χ4n) is 2.53. The molecule has 0 spiro atoms. The van der Waals surface area contributed by atoms with Gasteiger partial charge in [0.1, 0.15) is 0 Å². The Bertz CT molecular complexity index is 496. The number of rotatable bonds is 5. The Balaban J connectivity index is 1.65. The van der Waals surface area contributed by atoms with Gasteiger partial charge in [-0.2, -0.15) is 0 Å². The molecule has 1 unspecified atom stereocenters. The number of aromatic amines is 1. The average Bonchev–Trinajstić information content (AvgIpc) is 3.00. The normalized spacial score (nSPS) is 17.5. The van der Waals surface area contributed by atoms with E-state index in [1.54, 1.807) is 0 Å². The highest BCUT2D eigenvalue weighted by Gasteiger charge is 2.23. The lowest BCUT2D eigenvalue weighted by atomic mass is 10.1. The SMILES string of the molecule is CC(CC1CC1)NCc1cccc2[nH]ccc12. The first-order valence-corrected chi connectivity index (χ1v) is 6.61. The van der Waals surface area contributed by atoms with E-state index >= 15 is 0 Å². The van der Waals surface area contributed by atoms with Crippen LogP contribution in [-0.2, 0) is 6.54 Å². The zero-order chi connectivity index (χ0) is 11.7. The number of nitrogens with one attached hydrogen (secondary N) is 2. The van der Waals surface area contributed by atoms with Crippen LogP contribution in [0.5, 0.6) is 0 Å². The molecule has 3 rings (SSSR count). The minimum absolute atomic E-state index is 0.636. The monoisotopic (exact) mass is 228 g/mol. The van der Waals surface area contributed by atoms with Gasteiger partial charge in [0.05, 0.1) is 0 Å². The maximum Gasteiger partial charge on any atom is 0.0457 e. The van der Waals surface area contributed by atoms with Gasteiger partial charge in [-0.05, 0) is 37.0 Å². The van der Waals surface area contributed by atoms with Gasteiger partial charge in [0.15, 0.2) is 0 Å². The van der Waals surface area contributed by atoms with Crippen molar-refractivity contribution in [2.24, 2.45) is 5.92 Å². The third-order valence-electron chi connectivity index (χ3n) is 3.71. The topological polar surface area (TPSA) is 27.8 Å². The van der Waals surface area contributed by atoms with Crippen LogP contribution in [0.3, 0.4) is 0 Å². The highest BCUT2D eigenvalue weighted by Crippen LogP contribution is 2.33. The second kappa shape index (κ2) is 4.53. The summed E-state index contributed by atoms with van der Waals surface area (Å²) in [5.41, 5.74) is 2.63. The van der Waals surface area contributed by atoms with Crippen molar-refractivity contribution in [3.8, 4) is 0 Å². The molecule has 0 saturated heterocycles. The predicted octanol–water partition coefficient (Wildman–Crippen LogP) is 3.45. The molecular formula is C15H20N2. The Morgan fingerprint density at radius 1 is 1.35 bits per heavy atom. The van der Waals surface area contributed by atoms with E-state index in [1.807, 2.05) is 6.20 Å². The number of benzene rings is 1. The van der Waals surface area contributed by atoms with E-state index in [0.717, 1.165) is 12.5 Å². The van der Waals surface area contributed by atoms with Gasteiger partial charge in [-0.3, -0.25) is 0 Å². The highest BCUT2D eigenvalue weighted by atomic mass is 14.9. The fourth-order valence-corrected chi connectivity index (χ4v) is 2.53. The van der Waals surface area contributed by atoms with Crippen LogP contribution in [0.2, 0.25) is 0 Å². The zero-order valence-corrected chi connectivity index (χ0v) is 10.4. The smallest absolute Gasteiger partial charge is 0.0457 e. The summed E-state index contributed by atoms with van der Waals surface area (Å²) in [5, 5.41) is 4.98. The summed E-state index contributed by atoms with van der Waals surface area (Å²) in [6.45, 7) is 3.28. The van der Waals surface area contributed by atoms with Crippen molar-refractivity contribution in [3.05, 3.63) is 36.0 Å². The summed E-state index contributed by atoms with van der Waals surface area (Å²) in [6.07, 6.45) is 6.24. The first-order valence-electron chi connectivity index (χ1n) is 6.61. The van der Waals surface area contributed by atoms with E-state index in [1.165, 1.54) is 35.7 Å². The Kier molecular flexibility index (Phi) is 2.89. The van der Waals surface area contributed by atoms with E-state index in [2.05, 4.69) is 41.5 Å². The van der Waals surface area contributed by atoms with E-state index in [-0.39, 0.29) is 0 Å². The van der Waals surface area contributed by atoms with Crippen molar-refractivity contribution in [1.82, 2.24) is 10.3 Å². The number of aromatic nitrogens is 1. The molecule has 1 aliphatic carbocycles. The molecule has 0 bridgehead atoms. The first kappa shape index (κ1) is 10.8. The number of fused-ring (bicyclic) bond motifs is 1. The number of hydrogen-bond donors (Lipinski definition) is 2. The second-order valence-electron chi connectivity index (χ2n) is 5.32. The summed E-state index contributed by atoms with van der Waals surface area (Å²) in [6, 6.07) is 9.27. The zero-order valence-electron chi connectivity index (χ0n) is 10.4. The molecule has 1 aromatic heterocycles. The van der Waals surface area contributed by atoms with Gasteiger partial charge in [-0.25, -0.2) is 0 Å². The van der Waals surface area contributed by atoms with Crippen LogP contribution in [0.15, 0.2) is 30.5 Å². The lowest BCUT2D eigenvalue weighted by Crippen LogP contribution is -2.25. The third kappa shape index (κ3) is 2.52. The Morgan fingerprint density at radius 3 is 3.06 bits per heavy atom. The quantitative estimate of drug-likeness (QED) is 0.806. The van der Waals surface area contributed by atoms with E-state index < -0.39 is 0 Å². The van der Waals surface area contributed by atoms with Crippen molar-refractivity contribution in [3.63, 3.8) is 0 Å². The molecule has 1 heterocycles. The Labute approximate surface area is 102 Å². The molecule has 1 aliphatic rings. The van der Waals surface area contributed by atoms with Gasteiger partial charge >= 0.3 is 0 Å². The molecule has 1 fully saturated rings. The van der Waals surface area contributed by atoms with Gasteiger partial charge < -0.3 is 10.3 Å². The lowest BCUT2D eigenvalue weighted by Gasteiger charge is -2.13. The highest BCUT2D eigenvalue weighted by molar-refractivity contribution is 5.82. The minimum Gasteiger partial charge on any atom is -0.361 e. The minimum atomic E-state index is 0.636. The van der Waals surface area contributed by atoms with Crippen molar-refractivity contribution in [1.29, 1.82) is 0 Å². The Morgan fingerprint density at radius 2 is 2.24 bits per heavy atom. The van der Waals surface area contributed by atoms with Crippen LogP contribution in [-0.4, -0.2) is 11.0 Å². The van der Waals surface area contributed by atoms with Gasteiger partial charge in [0, 0.05) is 29.7 Å². The standard InChI is InChI=1S/C15H20N2/c1-11(9-12-5-6-12)17-10-13-3-2-4-15-14(13)7-8-16-15/h2-4,7-8,11-12,16-17H,5-6,9-10H2,1H3. The van der Waals surface area contributed by atoms with E-state index in [4.69, 9.17) is 0 Å². The molecule has 2 N–H and O–H groups in total. The number of H-pyrrole nitrogens is 1. The van der Waals surface area contributed by atoms with E-state index in [0.29, 0.717) is 6.04 Å². The van der Waals surface area contributed by atoms with Crippen LogP contribution in [0.1, 0.15) is 31.7 Å². The molecule has 0 aliphatic heterocycles. The predicted molar refractivity (Wildman–Crippen MR) is 71.9 cm³/mol. The Hall–Kier alpha value is -1.28. The largest absolute Gasteiger partial charge is 0.361 e. The molecule has 1 aromatic carbocycles. The van der Waals surface area contributed by atoms with Crippen molar-refractivity contribution in [2.45, 2.75) is 38.8 Å². The van der Waals surface area contributed by atoms with E-state index in [9.17, 15) is 0 Å². The van der Waals surface area contributed by atoms with Gasteiger partial charge in [-0.15, -0.1) is 0 Å². The molecule has 2 aromatic rings. The molecule has 90 valence electrons. The summed E-state index contributed by atoms with van der Waals surface area (Å²) in [7, 11) is 0. The molecule has 17 heavy (non-hydrogen) atoms. The third-order valence-corrected chi connectivity index (χ3v) is 3.71. The van der Waals surface area contributed by atoms with Gasteiger partial charge in [0.25, 0.3) is 0 Å². The maximum atomic E-state index is 3.64. The molecule has 0 amide bonds. The van der Waals surface area contributed by atoms with Crippen molar-refractivity contribution >= 4 is 10.9 Å². The molecular weight excluding hydrogens is 208 g/mol. The molecule has 2 nitrogen and oxygen atoms in total. The molecule has 2 heteroatoms. The average molecular weight is 228 g/mol. The molecule has 1 saturated carbocycles. The lowest BCUT2D eigenvalue weighted by molar-refractivity contribution is 0.488. The van der Waals surface area contributed by atoms with Crippen molar-refractivity contribution < 1.29 is 0 Å². The number of hydrogen-bond acceptors (Lipinski definition) is 1. The fraction of sp³-hybridized carbons (Fsp3) is 0.467. The van der Waals surface area contributed by atoms with Gasteiger partial charge in [0.2, 0.25) is 0 Å². The summed E-state index contributed by atoms with van der Waals surface area (Å²) >= 11 is 0. The van der Waals surface area contributed by atoms with Crippen LogP contribution >= 0.6 is 0 Å². The van der Waals surface area contributed by atoms with Crippen molar-refractivity contribution in [2.75, 3.05) is 0 Å².